The molecule has 5 rings (SSSR count). The zero-order chi connectivity index (χ0) is 28.8. The predicted octanol–water partition coefficient (Wildman–Crippen LogP) is 9.78. The molecule has 0 fully saturated rings. The summed E-state index contributed by atoms with van der Waals surface area (Å²) in [6.45, 7) is 3.09. The van der Waals surface area contributed by atoms with Gasteiger partial charge in [-0.1, -0.05) is 62.6 Å². The fourth-order valence-corrected chi connectivity index (χ4v) is 5.21. The number of aromatic nitrogens is 1. The number of aryl methyl sites for hydroxylation is 1. The molecule has 0 aliphatic carbocycles. The first-order valence-electron chi connectivity index (χ1n) is 13.8. The highest BCUT2D eigenvalue weighted by atomic mass is 19.1. The molecule has 4 aromatic carbocycles. The lowest BCUT2D eigenvalue weighted by Gasteiger charge is -2.08. The molecule has 0 aliphatic rings. The van der Waals surface area contributed by atoms with Gasteiger partial charge in [-0.05, 0) is 89.4 Å². The minimum absolute atomic E-state index is 0.344. The van der Waals surface area contributed by atoms with Crippen LogP contribution in [0.4, 0.5) is 8.78 Å². The second-order valence-corrected chi connectivity index (χ2v) is 10.1. The van der Waals surface area contributed by atoms with Gasteiger partial charge in [-0.2, -0.15) is 10.5 Å². The Bertz CT molecular complexity index is 1710. The minimum atomic E-state index is -0.344. The summed E-state index contributed by atoms with van der Waals surface area (Å²) in [4.78, 5) is 0. The smallest absolute Gasteiger partial charge is 0.123 e. The van der Waals surface area contributed by atoms with Gasteiger partial charge in [-0.15, -0.1) is 0 Å². The van der Waals surface area contributed by atoms with Crippen LogP contribution in [0.2, 0.25) is 0 Å². The van der Waals surface area contributed by atoms with E-state index >= 15 is 0 Å². The summed E-state index contributed by atoms with van der Waals surface area (Å²) in [5.74, 6) is -0.689. The van der Waals surface area contributed by atoms with Crippen LogP contribution in [0.25, 0.3) is 45.1 Å². The van der Waals surface area contributed by atoms with Gasteiger partial charge in [-0.25, -0.2) is 8.78 Å². The maximum atomic E-state index is 13.4. The number of fused-ring (bicyclic) bond motifs is 3. The van der Waals surface area contributed by atoms with Gasteiger partial charge in [0.15, 0.2) is 0 Å². The van der Waals surface area contributed by atoms with E-state index in [9.17, 15) is 19.3 Å². The largest absolute Gasteiger partial charge is 0.340 e. The van der Waals surface area contributed by atoms with Crippen LogP contribution in [-0.2, 0) is 6.54 Å². The van der Waals surface area contributed by atoms with Crippen molar-refractivity contribution in [1.82, 2.24) is 4.57 Å². The van der Waals surface area contributed by atoms with E-state index in [1.807, 2.05) is 24.3 Å². The van der Waals surface area contributed by atoms with Gasteiger partial charge >= 0.3 is 0 Å². The van der Waals surface area contributed by atoms with Crippen molar-refractivity contribution in [3.8, 4) is 12.1 Å². The van der Waals surface area contributed by atoms with E-state index in [1.54, 1.807) is 24.3 Å². The summed E-state index contributed by atoms with van der Waals surface area (Å²) >= 11 is 0. The molecular weight excluding hydrogens is 512 g/mol. The Morgan fingerprint density at radius 3 is 1.54 bits per heavy atom. The van der Waals surface area contributed by atoms with Gasteiger partial charge in [0.1, 0.15) is 11.6 Å². The number of hydrogen-bond acceptors (Lipinski definition) is 2. The number of halogens is 2. The Labute approximate surface area is 238 Å². The molecule has 5 aromatic rings. The zero-order valence-electron chi connectivity index (χ0n) is 22.9. The molecule has 0 radical (unpaired) electrons. The highest BCUT2D eigenvalue weighted by molar-refractivity contribution is 6.10. The van der Waals surface area contributed by atoms with Gasteiger partial charge in [0.2, 0.25) is 0 Å². The average molecular weight is 542 g/mol. The fraction of sp³-hybridized carbons (Fsp3) is 0.167. The molecule has 1 heterocycles. The molecule has 3 nitrogen and oxygen atoms in total. The lowest BCUT2D eigenvalue weighted by Crippen LogP contribution is -1.97. The van der Waals surface area contributed by atoms with Gasteiger partial charge in [0.05, 0.1) is 23.3 Å². The topological polar surface area (TPSA) is 52.5 Å². The van der Waals surface area contributed by atoms with Crippen molar-refractivity contribution in [1.29, 1.82) is 10.5 Å². The Morgan fingerprint density at radius 2 is 1.12 bits per heavy atom. The van der Waals surface area contributed by atoms with Crippen molar-refractivity contribution in [3.05, 3.63) is 119 Å². The Hall–Kier alpha value is -5.00. The zero-order valence-corrected chi connectivity index (χ0v) is 22.9. The number of unbranched alkanes of at least 4 members (excludes halogenated alkanes) is 3. The Morgan fingerprint density at radius 1 is 0.659 bits per heavy atom. The fourth-order valence-electron chi connectivity index (χ4n) is 5.21. The average Bonchev–Trinajstić information content (AvgIpc) is 3.30. The molecular formula is C36H29F2N3. The second-order valence-electron chi connectivity index (χ2n) is 10.1. The normalized spacial score (nSPS) is 12.0. The first kappa shape index (κ1) is 27.6. The molecule has 0 saturated carbocycles. The second kappa shape index (κ2) is 12.5. The van der Waals surface area contributed by atoms with E-state index in [0.717, 1.165) is 52.3 Å². The number of benzene rings is 4. The molecule has 41 heavy (non-hydrogen) atoms. The van der Waals surface area contributed by atoms with Gasteiger partial charge in [0, 0.05) is 28.4 Å². The first-order chi connectivity index (χ1) is 20.0. The molecule has 1 aromatic heterocycles. The summed E-state index contributed by atoms with van der Waals surface area (Å²) < 4.78 is 29.2. The molecule has 0 bridgehead atoms. The summed E-state index contributed by atoms with van der Waals surface area (Å²) in [5, 5.41) is 21.8. The van der Waals surface area contributed by atoms with Crippen molar-refractivity contribution < 1.29 is 8.78 Å². The van der Waals surface area contributed by atoms with Crippen LogP contribution in [0.5, 0.6) is 0 Å². The molecule has 0 N–H and O–H groups in total. The van der Waals surface area contributed by atoms with Crippen molar-refractivity contribution in [2.75, 3.05) is 0 Å². The van der Waals surface area contributed by atoms with E-state index < -0.39 is 0 Å². The van der Waals surface area contributed by atoms with Crippen molar-refractivity contribution in [2.45, 2.75) is 39.2 Å². The van der Waals surface area contributed by atoms with Gasteiger partial charge < -0.3 is 4.57 Å². The lowest BCUT2D eigenvalue weighted by atomic mass is 10.0. The van der Waals surface area contributed by atoms with Crippen LogP contribution < -0.4 is 0 Å². The van der Waals surface area contributed by atoms with E-state index in [0.29, 0.717) is 22.3 Å². The number of allylic oxidation sites excluding steroid dienone is 2. The molecule has 0 atom stereocenters. The number of rotatable bonds is 9. The molecule has 0 unspecified atom stereocenters. The summed E-state index contributed by atoms with van der Waals surface area (Å²) in [6, 6.07) is 28.7. The third-order valence-corrected chi connectivity index (χ3v) is 7.32. The lowest BCUT2D eigenvalue weighted by molar-refractivity contribution is 0.602. The number of nitriles is 2. The van der Waals surface area contributed by atoms with E-state index in [2.05, 4.69) is 47.9 Å². The van der Waals surface area contributed by atoms with Crippen LogP contribution in [-0.4, -0.2) is 4.57 Å². The minimum Gasteiger partial charge on any atom is -0.340 e. The molecule has 5 heteroatoms. The van der Waals surface area contributed by atoms with Crippen molar-refractivity contribution in [2.24, 2.45) is 0 Å². The van der Waals surface area contributed by atoms with Crippen molar-refractivity contribution >= 4 is 45.1 Å². The summed E-state index contributed by atoms with van der Waals surface area (Å²) in [5.41, 5.74) is 6.17. The number of hydrogen-bond donors (Lipinski definition) is 0. The number of nitrogens with zero attached hydrogens (tertiary/aromatic N) is 3. The maximum absolute atomic E-state index is 13.4. The summed E-state index contributed by atoms with van der Waals surface area (Å²) in [6.07, 6.45) is 8.24. The summed E-state index contributed by atoms with van der Waals surface area (Å²) in [7, 11) is 0. The molecule has 0 spiro atoms. The van der Waals surface area contributed by atoms with Crippen LogP contribution >= 0.6 is 0 Å². The predicted molar refractivity (Wildman–Crippen MR) is 163 cm³/mol. The Kier molecular flexibility index (Phi) is 8.37. The van der Waals surface area contributed by atoms with E-state index in [4.69, 9.17) is 0 Å². The Balaban J connectivity index is 1.62. The van der Waals surface area contributed by atoms with Crippen LogP contribution in [0, 0.1) is 34.3 Å². The highest BCUT2D eigenvalue weighted by Gasteiger charge is 2.13. The molecule has 0 amide bonds. The first-order valence-corrected chi connectivity index (χ1v) is 13.8. The third kappa shape index (κ3) is 6.11. The van der Waals surface area contributed by atoms with Crippen molar-refractivity contribution in [3.63, 3.8) is 0 Å². The van der Waals surface area contributed by atoms with E-state index in [1.165, 1.54) is 37.1 Å². The maximum Gasteiger partial charge on any atom is 0.123 e. The van der Waals surface area contributed by atoms with Crippen LogP contribution in [0.15, 0.2) is 84.9 Å². The van der Waals surface area contributed by atoms with E-state index in [-0.39, 0.29) is 11.6 Å². The highest BCUT2D eigenvalue weighted by Crippen LogP contribution is 2.33. The molecule has 0 saturated heterocycles. The molecule has 0 aliphatic heterocycles. The van der Waals surface area contributed by atoms with Crippen LogP contribution in [0.1, 0.15) is 54.9 Å². The monoisotopic (exact) mass is 541 g/mol. The quantitative estimate of drug-likeness (QED) is 0.106. The van der Waals surface area contributed by atoms with Gasteiger partial charge in [-0.3, -0.25) is 0 Å². The van der Waals surface area contributed by atoms with Crippen LogP contribution in [0.3, 0.4) is 0 Å². The third-order valence-electron chi connectivity index (χ3n) is 7.32. The standard InChI is InChI=1S/C36H29F2N3/c1-2-3-4-5-18-41-35-16-6-25(19-29(23-39)27-8-12-31(37)13-9-27)21-33(35)34-22-26(7-17-36(34)41)20-30(24-40)28-10-14-32(38)15-11-28/h6-17,19-22H,2-5,18H2,1H3/b29-19+,30-20+. The molecule has 202 valence electrons. The van der Waals surface area contributed by atoms with Gasteiger partial charge in [0.25, 0.3) is 0 Å². The SMILES string of the molecule is CCCCCCn1c2ccc(/C=C(\C#N)c3ccc(F)cc3)cc2c2cc(/C=C(\C#N)c3ccc(F)cc3)ccc21.